The fourth-order valence-corrected chi connectivity index (χ4v) is 1.51. The number of carbonyl (C=O) groups is 1. The van der Waals surface area contributed by atoms with E-state index >= 15 is 0 Å². The molecule has 1 aromatic carbocycles. The van der Waals surface area contributed by atoms with E-state index in [1.807, 2.05) is 0 Å². The smallest absolute Gasteiger partial charge is 0.356 e. The fourth-order valence-electron chi connectivity index (χ4n) is 1.51. The average molecular weight is 252 g/mol. The summed E-state index contributed by atoms with van der Waals surface area (Å²) in [5.74, 6) is -1.86. The number of nitrogens with zero attached hydrogens (tertiary/aromatic N) is 1. The Morgan fingerprint density at radius 3 is 2.83 bits per heavy atom. The maximum atomic E-state index is 13.0. The Morgan fingerprint density at radius 1 is 1.39 bits per heavy atom. The van der Waals surface area contributed by atoms with Gasteiger partial charge in [-0.15, -0.1) is 0 Å². The zero-order valence-electron chi connectivity index (χ0n) is 9.54. The third kappa shape index (κ3) is 2.53. The van der Waals surface area contributed by atoms with Crippen molar-refractivity contribution in [1.82, 2.24) is 9.97 Å². The normalized spacial score (nSPS) is 10.4. The number of benzene rings is 1. The molecule has 0 fully saturated rings. The van der Waals surface area contributed by atoms with Crippen LogP contribution in [0.4, 0.5) is 8.78 Å². The summed E-state index contributed by atoms with van der Waals surface area (Å²) in [4.78, 5) is 17.9. The van der Waals surface area contributed by atoms with E-state index < -0.39 is 17.6 Å². The second kappa shape index (κ2) is 4.95. The van der Waals surface area contributed by atoms with Gasteiger partial charge in [0.2, 0.25) is 0 Å². The van der Waals surface area contributed by atoms with Gasteiger partial charge < -0.3 is 9.72 Å². The van der Waals surface area contributed by atoms with Crippen molar-refractivity contribution in [2.45, 2.75) is 6.42 Å². The minimum absolute atomic E-state index is 0.218. The molecule has 0 unspecified atom stereocenters. The molecule has 0 aliphatic heterocycles. The lowest BCUT2D eigenvalue weighted by Gasteiger charge is -1.99. The molecule has 2 rings (SSSR count). The molecular formula is C12H10F2N2O2. The molecule has 1 aromatic heterocycles. The number of halogens is 2. The number of H-pyrrole nitrogens is 1. The zero-order chi connectivity index (χ0) is 13.1. The second-order valence-corrected chi connectivity index (χ2v) is 3.66. The van der Waals surface area contributed by atoms with Crippen LogP contribution in [0.5, 0.6) is 0 Å². The number of nitrogens with one attached hydrogen (secondary N) is 1. The molecule has 0 aliphatic carbocycles. The minimum atomic E-state index is -0.910. The number of hydrogen-bond acceptors (Lipinski definition) is 3. The number of aromatic nitrogens is 2. The van der Waals surface area contributed by atoms with Gasteiger partial charge in [-0.2, -0.15) is 0 Å². The highest BCUT2D eigenvalue weighted by molar-refractivity contribution is 5.86. The van der Waals surface area contributed by atoms with Crippen molar-refractivity contribution in [2.75, 3.05) is 7.11 Å². The Hall–Kier alpha value is -2.24. The molecule has 6 heteroatoms. The highest BCUT2D eigenvalue weighted by Crippen LogP contribution is 2.12. The molecule has 0 atom stereocenters. The van der Waals surface area contributed by atoms with E-state index in [0.29, 0.717) is 11.4 Å². The summed E-state index contributed by atoms with van der Waals surface area (Å²) in [7, 11) is 1.26. The average Bonchev–Trinajstić information content (AvgIpc) is 2.81. The number of hydrogen-bond donors (Lipinski definition) is 1. The number of imidazole rings is 1. The number of ether oxygens (including phenoxy) is 1. The minimum Gasteiger partial charge on any atom is -0.464 e. The number of carbonyl (C=O) groups excluding carboxylic acids is 1. The molecule has 0 saturated carbocycles. The summed E-state index contributed by atoms with van der Waals surface area (Å²) in [5, 5.41) is 0. The highest BCUT2D eigenvalue weighted by Gasteiger charge is 2.10. The van der Waals surface area contributed by atoms with Crippen LogP contribution < -0.4 is 0 Å². The molecule has 2 aromatic rings. The molecule has 0 amide bonds. The lowest BCUT2D eigenvalue weighted by Crippen LogP contribution is -2.01. The zero-order valence-corrected chi connectivity index (χ0v) is 9.54. The molecule has 1 heterocycles. The van der Waals surface area contributed by atoms with Gasteiger partial charge in [-0.1, -0.05) is 6.07 Å². The van der Waals surface area contributed by atoms with E-state index in [4.69, 9.17) is 0 Å². The summed E-state index contributed by atoms with van der Waals surface area (Å²) in [6.07, 6.45) is 1.61. The summed E-state index contributed by atoms with van der Waals surface area (Å²) >= 11 is 0. The van der Waals surface area contributed by atoms with Crippen LogP contribution in [0.25, 0.3) is 0 Å². The molecule has 0 radical (unpaired) electrons. The van der Waals surface area contributed by atoms with Gasteiger partial charge >= 0.3 is 5.97 Å². The first-order chi connectivity index (χ1) is 8.60. The monoisotopic (exact) mass is 252 g/mol. The number of methoxy groups -OCH3 is 1. The van der Waals surface area contributed by atoms with Crippen LogP contribution in [0.2, 0.25) is 0 Å². The molecule has 4 nitrogen and oxygen atoms in total. The number of esters is 1. The van der Waals surface area contributed by atoms with E-state index in [0.717, 1.165) is 12.1 Å². The van der Waals surface area contributed by atoms with Crippen molar-refractivity contribution in [3.63, 3.8) is 0 Å². The Kier molecular flexibility index (Phi) is 3.36. The van der Waals surface area contributed by atoms with E-state index in [1.54, 1.807) is 0 Å². The van der Waals surface area contributed by atoms with Gasteiger partial charge in [0.25, 0.3) is 0 Å². The lowest BCUT2D eigenvalue weighted by molar-refractivity contribution is 0.0594. The van der Waals surface area contributed by atoms with Crippen molar-refractivity contribution < 1.29 is 18.3 Å². The van der Waals surface area contributed by atoms with Crippen molar-refractivity contribution in [3.05, 3.63) is 53.1 Å². The third-order valence-corrected chi connectivity index (χ3v) is 2.39. The van der Waals surface area contributed by atoms with Crippen LogP contribution in [0, 0.1) is 11.6 Å². The SMILES string of the molecule is COC(=O)c1cnc(Cc2ccc(F)c(F)c2)[nH]1. The molecule has 0 aliphatic rings. The maximum absolute atomic E-state index is 13.0. The van der Waals surface area contributed by atoms with Gasteiger partial charge in [-0.3, -0.25) is 0 Å². The number of rotatable bonds is 3. The summed E-state index contributed by atoms with van der Waals surface area (Å²) < 4.78 is 30.2. The van der Waals surface area contributed by atoms with Crippen LogP contribution in [-0.4, -0.2) is 23.0 Å². The van der Waals surface area contributed by atoms with Gasteiger partial charge in [0, 0.05) is 6.42 Å². The van der Waals surface area contributed by atoms with Crippen molar-refractivity contribution in [1.29, 1.82) is 0 Å². The highest BCUT2D eigenvalue weighted by atomic mass is 19.2. The van der Waals surface area contributed by atoms with Crippen molar-refractivity contribution in [2.24, 2.45) is 0 Å². The van der Waals surface area contributed by atoms with Crippen LogP contribution in [0.3, 0.4) is 0 Å². The van der Waals surface area contributed by atoms with Crippen LogP contribution in [-0.2, 0) is 11.2 Å². The van der Waals surface area contributed by atoms with E-state index in [9.17, 15) is 13.6 Å². The predicted molar refractivity (Wildman–Crippen MR) is 59.1 cm³/mol. The molecule has 18 heavy (non-hydrogen) atoms. The Labute approximate surface area is 102 Å². The standard InChI is InChI=1S/C12H10F2N2O2/c1-18-12(17)10-6-15-11(16-10)5-7-2-3-8(13)9(14)4-7/h2-4,6H,5H2,1H3,(H,15,16). The fraction of sp³-hybridized carbons (Fsp3) is 0.167. The van der Waals surface area contributed by atoms with Gasteiger partial charge in [0.1, 0.15) is 11.5 Å². The second-order valence-electron chi connectivity index (χ2n) is 3.66. The molecule has 94 valence electrons. The van der Waals surface area contributed by atoms with Gasteiger partial charge in [-0.05, 0) is 17.7 Å². The Morgan fingerprint density at radius 2 is 2.17 bits per heavy atom. The van der Waals surface area contributed by atoms with E-state index in [2.05, 4.69) is 14.7 Å². The Balaban J connectivity index is 2.16. The van der Waals surface area contributed by atoms with Crippen LogP contribution in [0.1, 0.15) is 21.9 Å². The molecule has 0 saturated heterocycles. The van der Waals surface area contributed by atoms with Gasteiger partial charge in [-0.25, -0.2) is 18.6 Å². The van der Waals surface area contributed by atoms with Gasteiger partial charge in [0.15, 0.2) is 11.6 Å². The molecule has 0 spiro atoms. The van der Waals surface area contributed by atoms with E-state index in [-0.39, 0.29) is 12.1 Å². The summed E-state index contributed by atoms with van der Waals surface area (Å²) in [6.45, 7) is 0. The third-order valence-electron chi connectivity index (χ3n) is 2.39. The summed E-state index contributed by atoms with van der Waals surface area (Å²) in [6, 6.07) is 3.60. The first-order valence-corrected chi connectivity index (χ1v) is 5.16. The number of aromatic amines is 1. The van der Waals surface area contributed by atoms with Gasteiger partial charge in [0.05, 0.1) is 13.3 Å². The largest absolute Gasteiger partial charge is 0.464 e. The quantitative estimate of drug-likeness (QED) is 0.851. The topological polar surface area (TPSA) is 55.0 Å². The molecular weight excluding hydrogens is 242 g/mol. The van der Waals surface area contributed by atoms with Crippen molar-refractivity contribution >= 4 is 5.97 Å². The van der Waals surface area contributed by atoms with Crippen molar-refractivity contribution in [3.8, 4) is 0 Å². The van der Waals surface area contributed by atoms with Crippen LogP contribution >= 0.6 is 0 Å². The molecule has 0 bridgehead atoms. The van der Waals surface area contributed by atoms with Crippen LogP contribution in [0.15, 0.2) is 24.4 Å². The first kappa shape index (κ1) is 12.2. The summed E-state index contributed by atoms with van der Waals surface area (Å²) in [5.41, 5.74) is 0.773. The predicted octanol–water partition coefficient (Wildman–Crippen LogP) is 2.07. The maximum Gasteiger partial charge on any atom is 0.356 e. The first-order valence-electron chi connectivity index (χ1n) is 5.16. The molecule has 1 N–H and O–H groups in total. The Bertz CT molecular complexity index is 581. The van der Waals surface area contributed by atoms with E-state index in [1.165, 1.54) is 19.4 Å². The lowest BCUT2D eigenvalue weighted by atomic mass is 10.1.